The van der Waals surface area contributed by atoms with Gasteiger partial charge in [0.05, 0.1) is 17.1 Å². The van der Waals surface area contributed by atoms with Crippen LogP contribution in [0.3, 0.4) is 0 Å². The maximum absolute atomic E-state index is 4.99. The van der Waals surface area contributed by atoms with E-state index in [-0.39, 0.29) is 0 Å². The van der Waals surface area contributed by atoms with E-state index in [2.05, 4.69) is 94.4 Å². The van der Waals surface area contributed by atoms with Gasteiger partial charge in [-0.1, -0.05) is 95.8 Å². The summed E-state index contributed by atoms with van der Waals surface area (Å²) >= 11 is 0. The van der Waals surface area contributed by atoms with Crippen LogP contribution >= 0.6 is 0 Å². The molecule has 3 aromatic rings. The third-order valence-electron chi connectivity index (χ3n) is 6.74. The van der Waals surface area contributed by atoms with Crippen molar-refractivity contribution in [3.63, 3.8) is 0 Å². The molecule has 0 aromatic heterocycles. The van der Waals surface area contributed by atoms with E-state index in [4.69, 9.17) is 9.98 Å². The van der Waals surface area contributed by atoms with Crippen molar-refractivity contribution >= 4 is 23.3 Å². The smallest absolute Gasteiger partial charge is 0.0639 e. The van der Waals surface area contributed by atoms with E-state index in [1.54, 1.807) is 0 Å². The van der Waals surface area contributed by atoms with Gasteiger partial charge in [-0.2, -0.15) is 0 Å². The Kier molecular flexibility index (Phi) is 11.6. The first-order valence-electron chi connectivity index (χ1n) is 14.1. The van der Waals surface area contributed by atoms with E-state index in [1.807, 2.05) is 6.21 Å². The van der Waals surface area contributed by atoms with Crippen LogP contribution < -0.4 is 0 Å². The molecule has 2 heteroatoms. The van der Waals surface area contributed by atoms with Crippen LogP contribution in [0.4, 0.5) is 11.4 Å². The summed E-state index contributed by atoms with van der Waals surface area (Å²) in [7, 11) is 0. The standard InChI is InChI=1S/C34H44N2/c1-5-9-11-13-19-30-25-32(20-21-34(30)29-17-14-12-15-18-29)35-26-31(8-4)36-33-23-27(7-3)22-28(24-33)16-10-6-2/h12,14-15,17-18,20-26H,5-11,13,16,19H2,1-4H3. The van der Waals surface area contributed by atoms with E-state index < -0.39 is 0 Å². The molecule has 0 bridgehead atoms. The van der Waals surface area contributed by atoms with Crippen molar-refractivity contribution in [1.82, 2.24) is 0 Å². The molecule has 0 saturated heterocycles. The van der Waals surface area contributed by atoms with Crippen molar-refractivity contribution in [2.75, 3.05) is 0 Å². The van der Waals surface area contributed by atoms with Gasteiger partial charge in [0, 0.05) is 6.21 Å². The second-order valence-corrected chi connectivity index (χ2v) is 9.70. The quantitative estimate of drug-likeness (QED) is 0.162. The Morgan fingerprint density at radius 1 is 0.694 bits per heavy atom. The maximum Gasteiger partial charge on any atom is 0.0639 e. The highest BCUT2D eigenvalue weighted by atomic mass is 14.8. The third kappa shape index (κ3) is 8.59. The molecule has 190 valence electrons. The second-order valence-electron chi connectivity index (χ2n) is 9.70. The number of hydrogen-bond donors (Lipinski definition) is 0. The molecule has 3 aromatic carbocycles. The molecule has 36 heavy (non-hydrogen) atoms. The highest BCUT2D eigenvalue weighted by Gasteiger charge is 2.07. The number of unbranched alkanes of at least 4 members (excludes halogenated alkanes) is 4. The molecule has 0 amide bonds. The lowest BCUT2D eigenvalue weighted by atomic mass is 9.95. The van der Waals surface area contributed by atoms with E-state index in [9.17, 15) is 0 Å². The zero-order valence-corrected chi connectivity index (χ0v) is 22.9. The topological polar surface area (TPSA) is 24.7 Å². The predicted molar refractivity (Wildman–Crippen MR) is 160 cm³/mol. The van der Waals surface area contributed by atoms with Crippen LogP contribution in [0.15, 0.2) is 76.7 Å². The zero-order valence-electron chi connectivity index (χ0n) is 22.9. The van der Waals surface area contributed by atoms with Crippen molar-refractivity contribution in [2.24, 2.45) is 9.98 Å². The van der Waals surface area contributed by atoms with E-state index >= 15 is 0 Å². The number of aliphatic imine (C=N–C) groups is 2. The summed E-state index contributed by atoms with van der Waals surface area (Å²) in [5, 5.41) is 0. The van der Waals surface area contributed by atoms with Crippen molar-refractivity contribution < 1.29 is 0 Å². The van der Waals surface area contributed by atoms with Crippen molar-refractivity contribution in [2.45, 2.75) is 91.9 Å². The van der Waals surface area contributed by atoms with Gasteiger partial charge in [-0.25, -0.2) is 0 Å². The van der Waals surface area contributed by atoms with Gasteiger partial charge in [-0.05, 0) is 90.6 Å². The number of hydrogen-bond acceptors (Lipinski definition) is 2. The van der Waals surface area contributed by atoms with Crippen LogP contribution in [0, 0.1) is 0 Å². The van der Waals surface area contributed by atoms with Gasteiger partial charge >= 0.3 is 0 Å². The molecular weight excluding hydrogens is 436 g/mol. The Hall–Kier alpha value is -3.00. The van der Waals surface area contributed by atoms with Gasteiger partial charge in [0.25, 0.3) is 0 Å². The normalized spacial score (nSPS) is 11.9. The first kappa shape index (κ1) is 27.6. The molecule has 3 rings (SSSR count). The van der Waals surface area contributed by atoms with Crippen LogP contribution in [0.25, 0.3) is 11.1 Å². The fourth-order valence-electron chi connectivity index (χ4n) is 4.56. The Morgan fingerprint density at radius 2 is 1.47 bits per heavy atom. The number of aryl methyl sites for hydroxylation is 3. The molecule has 0 saturated carbocycles. The molecule has 0 fully saturated rings. The molecule has 0 spiro atoms. The van der Waals surface area contributed by atoms with Gasteiger partial charge < -0.3 is 0 Å². The van der Waals surface area contributed by atoms with Crippen LogP contribution in [-0.4, -0.2) is 11.9 Å². The summed E-state index contributed by atoms with van der Waals surface area (Å²) in [5.41, 5.74) is 9.83. The maximum atomic E-state index is 4.99. The zero-order chi connectivity index (χ0) is 25.6. The summed E-state index contributed by atoms with van der Waals surface area (Å²) < 4.78 is 0. The Bertz CT molecular complexity index is 1130. The van der Waals surface area contributed by atoms with Crippen LogP contribution in [0.2, 0.25) is 0 Å². The highest BCUT2D eigenvalue weighted by molar-refractivity contribution is 6.31. The molecule has 0 aliphatic carbocycles. The average Bonchev–Trinajstić information content (AvgIpc) is 2.92. The lowest BCUT2D eigenvalue weighted by Gasteiger charge is -2.11. The molecule has 0 N–H and O–H groups in total. The Morgan fingerprint density at radius 3 is 2.19 bits per heavy atom. The van der Waals surface area contributed by atoms with E-state index in [0.717, 1.165) is 42.8 Å². The second kappa shape index (κ2) is 15.2. The molecule has 0 unspecified atom stereocenters. The van der Waals surface area contributed by atoms with Crippen LogP contribution in [0.5, 0.6) is 0 Å². The molecule has 0 aliphatic heterocycles. The number of benzene rings is 3. The minimum atomic E-state index is 0.857. The lowest BCUT2D eigenvalue weighted by molar-refractivity contribution is 0.667. The van der Waals surface area contributed by atoms with Crippen molar-refractivity contribution in [3.8, 4) is 11.1 Å². The minimum Gasteiger partial charge on any atom is -0.255 e. The average molecular weight is 481 g/mol. The van der Waals surface area contributed by atoms with Gasteiger partial charge in [-0.3, -0.25) is 9.98 Å². The molecule has 0 radical (unpaired) electrons. The monoisotopic (exact) mass is 480 g/mol. The number of rotatable bonds is 14. The lowest BCUT2D eigenvalue weighted by Crippen LogP contribution is -1.98. The summed E-state index contributed by atoms with van der Waals surface area (Å²) in [6, 6.07) is 24.2. The predicted octanol–water partition coefficient (Wildman–Crippen LogP) is 10.3. The summed E-state index contributed by atoms with van der Waals surface area (Å²) in [5.74, 6) is 0. The first-order chi connectivity index (χ1) is 17.7. The summed E-state index contributed by atoms with van der Waals surface area (Å²) in [6.45, 7) is 8.89. The van der Waals surface area contributed by atoms with Crippen LogP contribution in [-0.2, 0) is 19.3 Å². The summed E-state index contributed by atoms with van der Waals surface area (Å²) in [4.78, 5) is 9.87. The first-order valence-corrected chi connectivity index (χ1v) is 14.1. The van der Waals surface area contributed by atoms with E-state index in [0.29, 0.717) is 0 Å². The fourth-order valence-corrected chi connectivity index (χ4v) is 4.56. The highest BCUT2D eigenvalue weighted by Crippen LogP contribution is 2.29. The summed E-state index contributed by atoms with van der Waals surface area (Å²) in [6.07, 6.45) is 13.6. The minimum absolute atomic E-state index is 0.857. The Labute approximate surface area is 219 Å². The van der Waals surface area contributed by atoms with Crippen LogP contribution in [0.1, 0.15) is 89.3 Å². The Balaban J connectivity index is 1.85. The largest absolute Gasteiger partial charge is 0.255 e. The molecule has 0 aliphatic rings. The van der Waals surface area contributed by atoms with Gasteiger partial charge in [0.1, 0.15) is 0 Å². The van der Waals surface area contributed by atoms with Crippen molar-refractivity contribution in [3.05, 3.63) is 83.4 Å². The molecule has 0 heterocycles. The molecule has 2 nitrogen and oxygen atoms in total. The molecular formula is C34H44N2. The number of nitrogens with zero attached hydrogens (tertiary/aromatic N) is 2. The van der Waals surface area contributed by atoms with Gasteiger partial charge in [0.15, 0.2) is 0 Å². The fraction of sp³-hybridized carbons (Fsp3) is 0.412. The van der Waals surface area contributed by atoms with Crippen molar-refractivity contribution in [1.29, 1.82) is 0 Å². The SMILES string of the molecule is CCCCCCc1cc(N=CC(CC)=Nc2cc(CC)cc(CCCC)c2)ccc1-c1ccccc1. The molecule has 0 atom stereocenters. The third-order valence-corrected chi connectivity index (χ3v) is 6.74. The van der Waals surface area contributed by atoms with Gasteiger partial charge in [-0.15, -0.1) is 0 Å². The van der Waals surface area contributed by atoms with Gasteiger partial charge in [0.2, 0.25) is 0 Å². The van der Waals surface area contributed by atoms with E-state index in [1.165, 1.54) is 66.3 Å².